The molecular weight excluding hydrogens is 480 g/mol. The number of nitrogens with one attached hydrogen (secondary N) is 3. The van der Waals surface area contributed by atoms with E-state index in [1.54, 1.807) is 6.07 Å². The molecule has 3 N–H and O–H groups in total. The van der Waals surface area contributed by atoms with E-state index in [1.807, 2.05) is 6.92 Å². The van der Waals surface area contributed by atoms with Crippen molar-refractivity contribution in [1.82, 2.24) is 16.0 Å². The molecule has 1 aromatic carbocycles. The second-order valence-corrected chi connectivity index (χ2v) is 5.05. The number of alkyl halides is 3. The molecule has 0 atom stereocenters. The fraction of sp³-hybridized carbons (Fsp3) is 0.500. The topological polar surface area (TPSA) is 84.0 Å². The monoisotopic (exact) mass is 504 g/mol. The van der Waals surface area contributed by atoms with E-state index in [4.69, 9.17) is 4.74 Å². The summed E-state index contributed by atoms with van der Waals surface area (Å²) in [5.41, 5.74) is 0.270. The maximum atomic E-state index is 12.4. The molecule has 0 fully saturated rings. The third-order valence-electron chi connectivity index (χ3n) is 2.99. The summed E-state index contributed by atoms with van der Waals surface area (Å²) < 4.78 is 46.1. The molecule has 154 valence electrons. The Kier molecular flexibility index (Phi) is 12.5. The number of methoxy groups -OCH3 is 1. The zero-order chi connectivity index (χ0) is 19.4. The van der Waals surface area contributed by atoms with Crippen LogP contribution in [0.4, 0.5) is 13.2 Å². The Morgan fingerprint density at radius 2 is 1.89 bits per heavy atom. The maximum absolute atomic E-state index is 12.4. The van der Waals surface area contributed by atoms with Gasteiger partial charge in [0.15, 0.2) is 5.96 Å². The quantitative estimate of drug-likeness (QED) is 0.208. The normalized spacial score (nSPS) is 11.4. The van der Waals surface area contributed by atoms with Crippen LogP contribution >= 0.6 is 24.0 Å². The highest BCUT2D eigenvalue weighted by molar-refractivity contribution is 14.0. The van der Waals surface area contributed by atoms with Crippen LogP contribution in [0.25, 0.3) is 0 Å². The molecule has 1 aromatic rings. The number of rotatable bonds is 9. The Bertz CT molecular complexity index is 601. The first kappa shape index (κ1) is 25.2. The lowest BCUT2D eigenvalue weighted by molar-refractivity contribution is -0.274. The first-order valence-corrected chi connectivity index (χ1v) is 7.97. The molecule has 0 bridgehead atoms. The standard InChI is InChI=1S/C16H23F3N4O3.HI/c1-3-20-15(23-11-14(24)21-8-9-25-2)22-10-12-6-4-5-7-13(12)26-16(17,18)19;/h4-7H,3,8-11H2,1-2H3,(H,21,24)(H2,20,22,23);1H. The summed E-state index contributed by atoms with van der Waals surface area (Å²) in [6, 6.07) is 5.76. The summed E-state index contributed by atoms with van der Waals surface area (Å²) in [7, 11) is 1.53. The fourth-order valence-corrected chi connectivity index (χ4v) is 1.88. The van der Waals surface area contributed by atoms with Gasteiger partial charge in [0, 0.05) is 25.8 Å². The van der Waals surface area contributed by atoms with Crippen LogP contribution in [0, 0.1) is 0 Å². The van der Waals surface area contributed by atoms with E-state index in [0.717, 1.165) is 0 Å². The minimum absolute atomic E-state index is 0. The molecule has 0 aliphatic carbocycles. The minimum atomic E-state index is -4.77. The summed E-state index contributed by atoms with van der Waals surface area (Å²) in [4.78, 5) is 15.8. The van der Waals surface area contributed by atoms with Gasteiger partial charge in [-0.2, -0.15) is 0 Å². The van der Waals surface area contributed by atoms with Gasteiger partial charge in [-0.25, -0.2) is 4.99 Å². The van der Waals surface area contributed by atoms with Crippen LogP contribution in [-0.2, 0) is 16.1 Å². The summed E-state index contributed by atoms with van der Waals surface area (Å²) >= 11 is 0. The van der Waals surface area contributed by atoms with Gasteiger partial charge in [-0.15, -0.1) is 37.1 Å². The van der Waals surface area contributed by atoms with Crippen molar-refractivity contribution in [2.24, 2.45) is 4.99 Å². The SMILES string of the molecule is CCNC(=NCc1ccccc1OC(F)(F)F)NCC(=O)NCCOC.I. The van der Waals surface area contributed by atoms with Crippen molar-refractivity contribution >= 4 is 35.8 Å². The Labute approximate surface area is 173 Å². The lowest BCUT2D eigenvalue weighted by Crippen LogP contribution is -2.43. The van der Waals surface area contributed by atoms with E-state index < -0.39 is 6.36 Å². The average molecular weight is 504 g/mol. The van der Waals surface area contributed by atoms with Gasteiger partial charge in [-0.05, 0) is 13.0 Å². The minimum Gasteiger partial charge on any atom is -0.405 e. The number of carbonyl (C=O) groups excluding carboxylic acids is 1. The molecule has 0 aliphatic rings. The molecule has 0 unspecified atom stereocenters. The van der Waals surface area contributed by atoms with Crippen molar-refractivity contribution in [3.8, 4) is 5.75 Å². The van der Waals surface area contributed by atoms with Gasteiger partial charge >= 0.3 is 6.36 Å². The lowest BCUT2D eigenvalue weighted by atomic mass is 10.2. The zero-order valence-electron chi connectivity index (χ0n) is 15.1. The van der Waals surface area contributed by atoms with Gasteiger partial charge in [0.25, 0.3) is 0 Å². The number of amides is 1. The van der Waals surface area contributed by atoms with Crippen molar-refractivity contribution in [2.45, 2.75) is 19.8 Å². The van der Waals surface area contributed by atoms with Crippen LogP contribution in [0.2, 0.25) is 0 Å². The number of hydrogen-bond acceptors (Lipinski definition) is 4. The molecule has 0 aliphatic heterocycles. The number of ether oxygens (including phenoxy) is 2. The summed E-state index contributed by atoms with van der Waals surface area (Å²) in [5.74, 6) is -0.262. The lowest BCUT2D eigenvalue weighted by Gasteiger charge is -2.14. The van der Waals surface area contributed by atoms with E-state index >= 15 is 0 Å². The van der Waals surface area contributed by atoms with Crippen LogP contribution in [0.1, 0.15) is 12.5 Å². The molecule has 0 saturated heterocycles. The molecule has 1 rings (SSSR count). The molecule has 0 spiro atoms. The Morgan fingerprint density at radius 3 is 2.52 bits per heavy atom. The first-order chi connectivity index (χ1) is 12.4. The first-order valence-electron chi connectivity index (χ1n) is 7.97. The zero-order valence-corrected chi connectivity index (χ0v) is 17.4. The molecule has 11 heteroatoms. The molecular formula is C16H24F3IN4O3. The van der Waals surface area contributed by atoms with Gasteiger partial charge in [0.2, 0.25) is 5.91 Å². The number of para-hydroxylation sites is 1. The molecule has 27 heavy (non-hydrogen) atoms. The predicted octanol–water partition coefficient (Wildman–Crippen LogP) is 2.02. The third-order valence-corrected chi connectivity index (χ3v) is 2.99. The smallest absolute Gasteiger partial charge is 0.405 e. The van der Waals surface area contributed by atoms with Crippen LogP contribution < -0.4 is 20.7 Å². The fourth-order valence-electron chi connectivity index (χ4n) is 1.88. The van der Waals surface area contributed by atoms with Gasteiger partial charge in [-0.1, -0.05) is 18.2 Å². The molecule has 0 aromatic heterocycles. The summed E-state index contributed by atoms with van der Waals surface area (Å²) in [6.45, 7) is 3.06. The second kappa shape index (κ2) is 13.4. The second-order valence-electron chi connectivity index (χ2n) is 5.05. The molecule has 1 amide bonds. The molecule has 0 saturated carbocycles. The summed E-state index contributed by atoms with van der Waals surface area (Å²) in [6.07, 6.45) is -4.77. The third kappa shape index (κ3) is 11.5. The maximum Gasteiger partial charge on any atom is 0.573 e. The number of hydrogen-bond donors (Lipinski definition) is 3. The molecule has 0 radical (unpaired) electrons. The Balaban J connectivity index is 0.00000676. The van der Waals surface area contributed by atoms with E-state index in [-0.39, 0.29) is 54.3 Å². The van der Waals surface area contributed by atoms with Crippen LogP contribution in [0.15, 0.2) is 29.3 Å². The summed E-state index contributed by atoms with van der Waals surface area (Å²) in [5, 5.41) is 8.36. The van der Waals surface area contributed by atoms with Crippen molar-refractivity contribution in [2.75, 3.05) is 33.4 Å². The van der Waals surface area contributed by atoms with E-state index in [1.165, 1.54) is 25.3 Å². The van der Waals surface area contributed by atoms with E-state index in [0.29, 0.717) is 25.7 Å². The Hall–Kier alpha value is -1.76. The van der Waals surface area contributed by atoms with Gasteiger partial charge in [0.1, 0.15) is 5.75 Å². The highest BCUT2D eigenvalue weighted by atomic mass is 127. The number of benzene rings is 1. The largest absolute Gasteiger partial charge is 0.573 e. The number of carbonyl (C=O) groups is 1. The van der Waals surface area contributed by atoms with E-state index in [9.17, 15) is 18.0 Å². The number of guanidine groups is 1. The predicted molar refractivity (Wildman–Crippen MR) is 106 cm³/mol. The van der Waals surface area contributed by atoms with Crippen molar-refractivity contribution in [3.63, 3.8) is 0 Å². The average Bonchev–Trinajstić information content (AvgIpc) is 2.57. The number of aliphatic imine (C=N–C) groups is 1. The number of nitrogens with zero attached hydrogens (tertiary/aromatic N) is 1. The van der Waals surface area contributed by atoms with Gasteiger partial charge in [0.05, 0.1) is 19.7 Å². The van der Waals surface area contributed by atoms with Gasteiger partial charge in [-0.3, -0.25) is 4.79 Å². The van der Waals surface area contributed by atoms with Crippen molar-refractivity contribution < 1.29 is 27.4 Å². The van der Waals surface area contributed by atoms with E-state index in [2.05, 4.69) is 25.7 Å². The molecule has 0 heterocycles. The van der Waals surface area contributed by atoms with Gasteiger partial charge < -0.3 is 25.4 Å². The van der Waals surface area contributed by atoms with Crippen LogP contribution in [-0.4, -0.2) is 51.6 Å². The highest BCUT2D eigenvalue weighted by Crippen LogP contribution is 2.26. The molecule has 7 nitrogen and oxygen atoms in total. The van der Waals surface area contributed by atoms with Crippen LogP contribution in [0.5, 0.6) is 5.75 Å². The highest BCUT2D eigenvalue weighted by Gasteiger charge is 2.31. The number of halogens is 4. The van der Waals surface area contributed by atoms with Crippen LogP contribution in [0.3, 0.4) is 0 Å². The van der Waals surface area contributed by atoms with Crippen molar-refractivity contribution in [3.05, 3.63) is 29.8 Å². The van der Waals surface area contributed by atoms with Crippen molar-refractivity contribution in [1.29, 1.82) is 0 Å². The Morgan fingerprint density at radius 1 is 1.19 bits per heavy atom.